The van der Waals surface area contributed by atoms with E-state index in [1.54, 1.807) is 11.3 Å². The van der Waals surface area contributed by atoms with Gasteiger partial charge in [-0.2, -0.15) is 0 Å². The van der Waals surface area contributed by atoms with E-state index in [0.29, 0.717) is 0 Å². The van der Waals surface area contributed by atoms with E-state index in [1.807, 2.05) is 29.6 Å². The van der Waals surface area contributed by atoms with Crippen LogP contribution in [0.15, 0.2) is 42.0 Å². The van der Waals surface area contributed by atoms with E-state index in [0.717, 1.165) is 11.1 Å². The third-order valence-electron chi connectivity index (χ3n) is 2.55. The summed E-state index contributed by atoms with van der Waals surface area (Å²) in [4.78, 5) is 19.7. The Hall–Kier alpha value is -1.98. The lowest BCUT2D eigenvalue weighted by molar-refractivity contribution is 0.102. The fourth-order valence-electron chi connectivity index (χ4n) is 1.69. The van der Waals surface area contributed by atoms with Crippen LogP contribution in [0.4, 0.5) is 5.69 Å². The van der Waals surface area contributed by atoms with Gasteiger partial charge in [-0.25, -0.2) is 4.98 Å². The van der Waals surface area contributed by atoms with E-state index in [-0.39, 0.29) is 16.8 Å². The van der Waals surface area contributed by atoms with Gasteiger partial charge in [-0.05, 0) is 35.0 Å². The summed E-state index contributed by atoms with van der Waals surface area (Å²) in [6, 6.07) is 7.75. The standard InChI is InChI=1S/C13H8ClN3OS/c14-12-7-15-6-10(17-12)13(18)16-9-1-2-11-8(5-9)3-4-19-11/h1-7H,(H,16,18). The number of amides is 1. The first-order valence-corrected chi connectivity index (χ1v) is 6.74. The Labute approximate surface area is 118 Å². The Morgan fingerprint density at radius 1 is 1.26 bits per heavy atom. The van der Waals surface area contributed by atoms with Gasteiger partial charge < -0.3 is 5.32 Å². The third kappa shape index (κ3) is 2.57. The summed E-state index contributed by atoms with van der Waals surface area (Å²) in [6.07, 6.45) is 2.76. The fraction of sp³-hybridized carbons (Fsp3) is 0. The maximum absolute atomic E-state index is 12.0. The highest BCUT2D eigenvalue weighted by molar-refractivity contribution is 7.17. The van der Waals surface area contributed by atoms with Crippen molar-refractivity contribution in [3.8, 4) is 0 Å². The number of hydrogen-bond donors (Lipinski definition) is 1. The molecule has 19 heavy (non-hydrogen) atoms. The van der Waals surface area contributed by atoms with Crippen LogP contribution in [0.25, 0.3) is 10.1 Å². The highest BCUT2D eigenvalue weighted by Gasteiger charge is 2.09. The number of carbonyl (C=O) groups excluding carboxylic acids is 1. The smallest absolute Gasteiger partial charge is 0.275 e. The molecule has 0 saturated heterocycles. The van der Waals surface area contributed by atoms with Crippen LogP contribution in [0.5, 0.6) is 0 Å². The van der Waals surface area contributed by atoms with Crippen molar-refractivity contribution in [2.45, 2.75) is 0 Å². The second kappa shape index (κ2) is 4.95. The summed E-state index contributed by atoms with van der Waals surface area (Å²) in [5, 5.41) is 6.08. The highest BCUT2D eigenvalue weighted by Crippen LogP contribution is 2.24. The molecule has 1 N–H and O–H groups in total. The lowest BCUT2D eigenvalue weighted by Gasteiger charge is -2.04. The van der Waals surface area contributed by atoms with Gasteiger partial charge >= 0.3 is 0 Å². The Balaban J connectivity index is 1.86. The van der Waals surface area contributed by atoms with E-state index < -0.39 is 0 Å². The molecule has 0 spiro atoms. The lowest BCUT2D eigenvalue weighted by Crippen LogP contribution is -2.13. The zero-order valence-corrected chi connectivity index (χ0v) is 11.2. The summed E-state index contributed by atoms with van der Waals surface area (Å²) < 4.78 is 1.18. The molecule has 0 aliphatic heterocycles. The summed E-state index contributed by atoms with van der Waals surface area (Å²) in [7, 11) is 0. The topological polar surface area (TPSA) is 54.9 Å². The molecule has 1 amide bonds. The summed E-state index contributed by atoms with van der Waals surface area (Å²) in [5.74, 6) is -0.329. The quantitative estimate of drug-likeness (QED) is 0.784. The van der Waals surface area contributed by atoms with Crippen molar-refractivity contribution in [1.29, 1.82) is 0 Å². The molecule has 0 radical (unpaired) electrons. The summed E-state index contributed by atoms with van der Waals surface area (Å²) >= 11 is 7.36. The molecule has 3 rings (SSSR count). The van der Waals surface area contributed by atoms with E-state index in [1.165, 1.54) is 17.1 Å². The Morgan fingerprint density at radius 2 is 2.16 bits per heavy atom. The molecule has 0 bridgehead atoms. The molecule has 2 aromatic heterocycles. The first-order chi connectivity index (χ1) is 9.22. The fourth-order valence-corrected chi connectivity index (χ4v) is 2.61. The average molecular weight is 290 g/mol. The molecule has 0 unspecified atom stereocenters. The van der Waals surface area contributed by atoms with Gasteiger partial charge in [0, 0.05) is 10.4 Å². The molecule has 94 valence electrons. The molecule has 0 fully saturated rings. The number of rotatable bonds is 2. The Kier molecular flexibility index (Phi) is 3.15. The zero-order valence-electron chi connectivity index (χ0n) is 9.63. The molecule has 0 aliphatic rings. The molecular weight excluding hydrogens is 282 g/mol. The van der Waals surface area contributed by atoms with Crippen molar-refractivity contribution in [1.82, 2.24) is 9.97 Å². The number of thiophene rings is 1. The minimum atomic E-state index is -0.329. The predicted octanol–water partition coefficient (Wildman–Crippen LogP) is 3.60. The van der Waals surface area contributed by atoms with Crippen molar-refractivity contribution in [3.63, 3.8) is 0 Å². The summed E-state index contributed by atoms with van der Waals surface area (Å²) in [6.45, 7) is 0. The van der Waals surface area contributed by atoms with Crippen molar-refractivity contribution in [3.05, 3.63) is 52.9 Å². The molecule has 1 aromatic carbocycles. The Bertz CT molecular complexity index is 756. The molecule has 0 saturated carbocycles. The van der Waals surface area contributed by atoms with Gasteiger partial charge in [0.2, 0.25) is 0 Å². The molecule has 0 atom stereocenters. The molecule has 4 nitrogen and oxygen atoms in total. The van der Waals surface area contributed by atoms with E-state index in [4.69, 9.17) is 11.6 Å². The third-order valence-corrected chi connectivity index (χ3v) is 3.63. The first kappa shape index (κ1) is 12.1. The molecular formula is C13H8ClN3OS. The predicted molar refractivity (Wildman–Crippen MR) is 76.8 cm³/mol. The number of nitrogens with one attached hydrogen (secondary N) is 1. The van der Waals surface area contributed by atoms with Crippen molar-refractivity contribution >= 4 is 44.6 Å². The maximum atomic E-state index is 12.0. The van der Waals surface area contributed by atoms with Gasteiger partial charge in [0.25, 0.3) is 5.91 Å². The number of fused-ring (bicyclic) bond motifs is 1. The van der Waals surface area contributed by atoms with Gasteiger partial charge in [0.05, 0.1) is 12.4 Å². The maximum Gasteiger partial charge on any atom is 0.275 e. The number of carbonyl (C=O) groups is 1. The van der Waals surface area contributed by atoms with Crippen LogP contribution in [0.2, 0.25) is 5.15 Å². The van der Waals surface area contributed by atoms with Crippen LogP contribution >= 0.6 is 22.9 Å². The van der Waals surface area contributed by atoms with Crippen LogP contribution < -0.4 is 5.32 Å². The SMILES string of the molecule is O=C(Nc1ccc2sccc2c1)c1cncc(Cl)n1. The van der Waals surface area contributed by atoms with Gasteiger partial charge in [0.15, 0.2) is 0 Å². The van der Waals surface area contributed by atoms with Gasteiger partial charge in [-0.1, -0.05) is 11.6 Å². The number of anilines is 1. The minimum Gasteiger partial charge on any atom is -0.321 e. The summed E-state index contributed by atoms with van der Waals surface area (Å²) in [5.41, 5.74) is 0.913. The van der Waals surface area contributed by atoms with Crippen LogP contribution in [-0.2, 0) is 0 Å². The number of aromatic nitrogens is 2. The normalized spacial score (nSPS) is 10.6. The van der Waals surface area contributed by atoms with Crippen LogP contribution in [0, 0.1) is 0 Å². The van der Waals surface area contributed by atoms with E-state index in [2.05, 4.69) is 15.3 Å². The molecule has 2 heterocycles. The van der Waals surface area contributed by atoms with E-state index >= 15 is 0 Å². The number of halogens is 1. The van der Waals surface area contributed by atoms with Crippen LogP contribution in [0.1, 0.15) is 10.5 Å². The number of hydrogen-bond acceptors (Lipinski definition) is 4. The van der Waals surface area contributed by atoms with Crippen LogP contribution in [-0.4, -0.2) is 15.9 Å². The van der Waals surface area contributed by atoms with Gasteiger partial charge in [0.1, 0.15) is 10.8 Å². The van der Waals surface area contributed by atoms with Crippen molar-refractivity contribution in [2.75, 3.05) is 5.32 Å². The van der Waals surface area contributed by atoms with Crippen LogP contribution in [0.3, 0.4) is 0 Å². The molecule has 3 aromatic rings. The highest BCUT2D eigenvalue weighted by atomic mass is 35.5. The first-order valence-electron chi connectivity index (χ1n) is 5.48. The monoisotopic (exact) mass is 289 g/mol. The zero-order chi connectivity index (χ0) is 13.2. The second-order valence-electron chi connectivity index (χ2n) is 3.85. The van der Waals surface area contributed by atoms with Crippen molar-refractivity contribution < 1.29 is 4.79 Å². The number of benzene rings is 1. The van der Waals surface area contributed by atoms with E-state index in [9.17, 15) is 4.79 Å². The molecule has 0 aliphatic carbocycles. The minimum absolute atomic E-state index is 0.193. The second-order valence-corrected chi connectivity index (χ2v) is 5.19. The molecule has 6 heteroatoms. The largest absolute Gasteiger partial charge is 0.321 e. The van der Waals surface area contributed by atoms with Gasteiger partial charge in [-0.3, -0.25) is 9.78 Å². The van der Waals surface area contributed by atoms with Gasteiger partial charge in [-0.15, -0.1) is 11.3 Å². The number of nitrogens with zero attached hydrogens (tertiary/aromatic N) is 2. The van der Waals surface area contributed by atoms with Crippen molar-refractivity contribution in [2.24, 2.45) is 0 Å². The average Bonchev–Trinajstić information content (AvgIpc) is 2.86. The lowest BCUT2D eigenvalue weighted by atomic mass is 10.2. The Morgan fingerprint density at radius 3 is 3.00 bits per heavy atom.